The summed E-state index contributed by atoms with van der Waals surface area (Å²) in [5, 5.41) is 9.18. The van der Waals surface area contributed by atoms with Gasteiger partial charge < -0.3 is 9.84 Å². The van der Waals surface area contributed by atoms with Crippen molar-refractivity contribution in [3.8, 4) is 11.5 Å². The van der Waals surface area contributed by atoms with E-state index in [9.17, 15) is 23.1 Å². The molecule has 0 saturated carbocycles. The molecule has 0 aliphatic carbocycles. The van der Waals surface area contributed by atoms with Crippen LogP contribution in [0.5, 0.6) is 11.5 Å². The molecule has 0 spiro atoms. The van der Waals surface area contributed by atoms with Gasteiger partial charge in [-0.2, -0.15) is 0 Å². The van der Waals surface area contributed by atoms with Gasteiger partial charge in [0.15, 0.2) is 17.8 Å². The van der Waals surface area contributed by atoms with E-state index in [4.69, 9.17) is 0 Å². The molecule has 1 rings (SSSR count). The molecule has 0 unspecified atom stereocenters. The molecule has 0 aliphatic rings. The summed E-state index contributed by atoms with van der Waals surface area (Å²) in [6.45, 7) is 1.26. The second-order valence-corrected chi connectivity index (χ2v) is 2.64. The van der Waals surface area contributed by atoms with Crippen LogP contribution in [0.25, 0.3) is 0 Å². The Kier molecular flexibility index (Phi) is 2.83. The number of nitrogens with zero attached hydrogens (tertiary/aromatic N) is 1. The molecule has 0 saturated heterocycles. The first-order valence-corrected chi connectivity index (χ1v) is 3.75. The molecular formula is C8H6F3NO3. The van der Waals surface area contributed by atoms with Crippen LogP contribution < -0.4 is 4.74 Å². The smallest absolute Gasteiger partial charge is 0.503 e. The lowest BCUT2D eigenvalue weighted by Crippen LogP contribution is -2.17. The lowest BCUT2D eigenvalue weighted by atomic mass is 10.3. The number of aldehydes is 1. The van der Waals surface area contributed by atoms with Crippen molar-refractivity contribution >= 4 is 6.29 Å². The van der Waals surface area contributed by atoms with Crippen molar-refractivity contribution in [2.75, 3.05) is 0 Å². The molecular weight excluding hydrogens is 215 g/mol. The number of halogens is 3. The molecule has 82 valence electrons. The molecule has 7 heteroatoms. The van der Waals surface area contributed by atoms with Crippen molar-refractivity contribution in [2.24, 2.45) is 0 Å². The first kappa shape index (κ1) is 11.3. The highest BCUT2D eigenvalue weighted by Gasteiger charge is 2.32. The quantitative estimate of drug-likeness (QED) is 0.773. The van der Waals surface area contributed by atoms with E-state index < -0.39 is 17.9 Å². The zero-order valence-electron chi connectivity index (χ0n) is 7.50. The van der Waals surface area contributed by atoms with Crippen molar-refractivity contribution in [1.29, 1.82) is 0 Å². The fourth-order valence-electron chi connectivity index (χ4n) is 0.923. The second kappa shape index (κ2) is 3.76. The Bertz CT molecular complexity index is 389. The molecule has 0 bridgehead atoms. The maximum atomic E-state index is 11.8. The summed E-state index contributed by atoms with van der Waals surface area (Å²) < 4.78 is 39.0. The molecule has 0 amide bonds. The van der Waals surface area contributed by atoms with E-state index in [-0.39, 0.29) is 17.7 Å². The van der Waals surface area contributed by atoms with Gasteiger partial charge in [-0.3, -0.25) is 4.79 Å². The number of aromatic nitrogens is 1. The third-order valence-corrected chi connectivity index (χ3v) is 1.50. The van der Waals surface area contributed by atoms with Gasteiger partial charge in [-0.15, -0.1) is 13.2 Å². The Morgan fingerprint density at radius 1 is 1.53 bits per heavy atom. The number of aromatic hydroxyl groups is 1. The lowest BCUT2D eigenvalue weighted by molar-refractivity contribution is -0.275. The van der Waals surface area contributed by atoms with Crippen LogP contribution in [0.4, 0.5) is 13.2 Å². The Balaban J connectivity index is 3.16. The Morgan fingerprint density at radius 3 is 2.60 bits per heavy atom. The number of ether oxygens (including phenoxy) is 1. The number of carbonyl (C=O) groups is 1. The molecule has 4 nitrogen and oxygen atoms in total. The summed E-state index contributed by atoms with van der Waals surface area (Å²) in [5.74, 6) is -1.57. The Morgan fingerprint density at radius 2 is 2.13 bits per heavy atom. The summed E-state index contributed by atoms with van der Waals surface area (Å²) in [6.07, 6.45) is -4.67. The first-order valence-electron chi connectivity index (χ1n) is 3.75. The van der Waals surface area contributed by atoms with Crippen molar-refractivity contribution in [2.45, 2.75) is 13.3 Å². The topological polar surface area (TPSA) is 59.4 Å². The number of hydrogen-bond acceptors (Lipinski definition) is 4. The van der Waals surface area contributed by atoms with Crippen LogP contribution in [0.3, 0.4) is 0 Å². The van der Waals surface area contributed by atoms with E-state index >= 15 is 0 Å². The Labute approximate surface area is 82.3 Å². The van der Waals surface area contributed by atoms with Crippen LogP contribution in [0.1, 0.15) is 16.2 Å². The van der Waals surface area contributed by atoms with Crippen LogP contribution >= 0.6 is 0 Å². The summed E-state index contributed by atoms with van der Waals surface area (Å²) >= 11 is 0. The number of rotatable bonds is 2. The summed E-state index contributed by atoms with van der Waals surface area (Å²) in [6, 6.07) is 0.711. The number of alkyl halides is 3. The highest BCUT2D eigenvalue weighted by atomic mass is 19.4. The monoisotopic (exact) mass is 221 g/mol. The molecule has 15 heavy (non-hydrogen) atoms. The van der Waals surface area contributed by atoms with Crippen molar-refractivity contribution in [1.82, 2.24) is 4.98 Å². The van der Waals surface area contributed by atoms with E-state index in [0.717, 1.165) is 0 Å². The standard InChI is InChI=1S/C8H6F3NO3/c1-4-7(14)6(15-8(9,10)11)2-5(3-13)12-4/h2-3,14H,1H3. The van der Waals surface area contributed by atoms with Gasteiger partial charge in [-0.05, 0) is 6.92 Å². The largest absolute Gasteiger partial charge is 0.573 e. The second-order valence-electron chi connectivity index (χ2n) is 2.64. The average Bonchev–Trinajstić information content (AvgIpc) is 2.10. The fraction of sp³-hybridized carbons (Fsp3) is 0.250. The summed E-state index contributed by atoms with van der Waals surface area (Å²) in [7, 11) is 0. The number of aryl methyl sites for hydroxylation is 1. The average molecular weight is 221 g/mol. The minimum atomic E-state index is -4.93. The summed E-state index contributed by atoms with van der Waals surface area (Å²) in [4.78, 5) is 13.8. The Hall–Kier alpha value is -1.79. The van der Waals surface area contributed by atoms with Crippen molar-refractivity contribution < 1.29 is 27.8 Å². The van der Waals surface area contributed by atoms with Gasteiger partial charge in [0.25, 0.3) is 0 Å². The molecule has 1 N–H and O–H groups in total. The first-order chi connectivity index (χ1) is 6.83. The van der Waals surface area contributed by atoms with Crippen LogP contribution in [-0.2, 0) is 0 Å². The van der Waals surface area contributed by atoms with Gasteiger partial charge in [0.05, 0.1) is 5.69 Å². The number of hydrogen-bond donors (Lipinski definition) is 1. The SMILES string of the molecule is Cc1nc(C=O)cc(OC(F)(F)F)c1O. The zero-order chi connectivity index (χ0) is 11.6. The highest BCUT2D eigenvalue weighted by molar-refractivity contribution is 5.73. The van der Waals surface area contributed by atoms with E-state index in [1.54, 1.807) is 0 Å². The minimum absolute atomic E-state index is 0.112. The number of carbonyl (C=O) groups excluding carboxylic acids is 1. The van der Waals surface area contributed by atoms with E-state index in [2.05, 4.69) is 9.72 Å². The molecule has 0 radical (unpaired) electrons. The molecule has 1 aromatic heterocycles. The lowest BCUT2D eigenvalue weighted by Gasteiger charge is -2.11. The maximum Gasteiger partial charge on any atom is 0.573 e. The van der Waals surface area contributed by atoms with Gasteiger partial charge in [0, 0.05) is 6.07 Å². The van der Waals surface area contributed by atoms with Crippen LogP contribution in [0, 0.1) is 6.92 Å². The van der Waals surface area contributed by atoms with Crippen LogP contribution in [-0.4, -0.2) is 22.7 Å². The maximum absolute atomic E-state index is 11.8. The van der Waals surface area contributed by atoms with E-state index in [1.165, 1.54) is 6.92 Å². The van der Waals surface area contributed by atoms with Gasteiger partial charge in [-0.1, -0.05) is 0 Å². The van der Waals surface area contributed by atoms with Crippen molar-refractivity contribution in [3.63, 3.8) is 0 Å². The normalized spacial score (nSPS) is 11.2. The third-order valence-electron chi connectivity index (χ3n) is 1.50. The van der Waals surface area contributed by atoms with Gasteiger partial charge in [0.1, 0.15) is 5.69 Å². The van der Waals surface area contributed by atoms with Crippen LogP contribution in [0.2, 0.25) is 0 Å². The summed E-state index contributed by atoms with van der Waals surface area (Å²) in [5.41, 5.74) is -0.358. The predicted molar refractivity (Wildman–Crippen MR) is 42.7 cm³/mol. The van der Waals surface area contributed by atoms with Gasteiger partial charge in [0.2, 0.25) is 0 Å². The molecule has 0 aliphatic heterocycles. The number of pyridine rings is 1. The fourth-order valence-corrected chi connectivity index (χ4v) is 0.923. The molecule has 0 fully saturated rings. The third kappa shape index (κ3) is 2.83. The molecule has 1 aromatic rings. The zero-order valence-corrected chi connectivity index (χ0v) is 7.50. The van der Waals surface area contributed by atoms with E-state index in [1.807, 2.05) is 0 Å². The highest BCUT2D eigenvalue weighted by Crippen LogP contribution is 2.33. The minimum Gasteiger partial charge on any atom is -0.503 e. The van der Waals surface area contributed by atoms with E-state index in [0.29, 0.717) is 6.07 Å². The molecule has 1 heterocycles. The van der Waals surface area contributed by atoms with Crippen molar-refractivity contribution in [3.05, 3.63) is 17.5 Å². The predicted octanol–water partition coefficient (Wildman–Crippen LogP) is 1.81. The van der Waals surface area contributed by atoms with Crippen LogP contribution in [0.15, 0.2) is 6.07 Å². The van der Waals surface area contributed by atoms with Gasteiger partial charge >= 0.3 is 6.36 Å². The molecule has 0 atom stereocenters. The van der Waals surface area contributed by atoms with Gasteiger partial charge in [-0.25, -0.2) is 4.98 Å². The molecule has 0 aromatic carbocycles.